The first kappa shape index (κ1) is 20.9. The van der Waals surface area contributed by atoms with E-state index < -0.39 is 0 Å². The molecule has 1 fully saturated rings. The third kappa shape index (κ3) is 5.57. The van der Waals surface area contributed by atoms with Crippen LogP contribution in [0, 0.1) is 13.8 Å². The van der Waals surface area contributed by atoms with Crippen molar-refractivity contribution >= 4 is 11.8 Å². The van der Waals surface area contributed by atoms with Crippen molar-refractivity contribution in [2.24, 2.45) is 0 Å². The van der Waals surface area contributed by atoms with Crippen LogP contribution in [0.15, 0.2) is 42.5 Å². The van der Waals surface area contributed by atoms with Crippen LogP contribution in [0.5, 0.6) is 5.75 Å². The van der Waals surface area contributed by atoms with Crippen molar-refractivity contribution in [3.63, 3.8) is 0 Å². The Morgan fingerprint density at radius 2 is 1.55 bits per heavy atom. The SMILES string of the molecule is COc1ccc(C(=O)NCCN2CCN(C(=O)c3cc(C)cc(C)c3)CC2)cc1. The molecule has 0 spiro atoms. The molecule has 1 saturated heterocycles. The molecule has 0 bridgehead atoms. The lowest BCUT2D eigenvalue weighted by atomic mass is 10.1. The number of benzene rings is 2. The molecule has 29 heavy (non-hydrogen) atoms. The van der Waals surface area contributed by atoms with Crippen LogP contribution < -0.4 is 10.1 Å². The molecular weight excluding hydrogens is 366 g/mol. The molecule has 1 N–H and O–H groups in total. The van der Waals surface area contributed by atoms with Gasteiger partial charge in [0.15, 0.2) is 0 Å². The monoisotopic (exact) mass is 395 g/mol. The molecule has 1 aliphatic rings. The highest BCUT2D eigenvalue weighted by atomic mass is 16.5. The molecule has 2 amide bonds. The van der Waals surface area contributed by atoms with Gasteiger partial charge in [-0.3, -0.25) is 14.5 Å². The van der Waals surface area contributed by atoms with E-state index in [0.717, 1.165) is 42.1 Å². The average molecular weight is 396 g/mol. The van der Waals surface area contributed by atoms with E-state index in [1.54, 1.807) is 31.4 Å². The third-order valence-corrected chi connectivity index (χ3v) is 5.19. The second-order valence-corrected chi connectivity index (χ2v) is 7.49. The van der Waals surface area contributed by atoms with Gasteiger partial charge in [-0.2, -0.15) is 0 Å². The van der Waals surface area contributed by atoms with Gasteiger partial charge in [0.25, 0.3) is 11.8 Å². The second kappa shape index (κ2) is 9.56. The number of hydrogen-bond donors (Lipinski definition) is 1. The molecule has 0 atom stereocenters. The maximum atomic E-state index is 12.8. The van der Waals surface area contributed by atoms with Gasteiger partial charge < -0.3 is 15.0 Å². The van der Waals surface area contributed by atoms with Crippen molar-refractivity contribution in [2.75, 3.05) is 46.4 Å². The highest BCUT2D eigenvalue weighted by Gasteiger charge is 2.22. The molecule has 0 radical (unpaired) electrons. The van der Waals surface area contributed by atoms with Crippen LogP contribution in [-0.2, 0) is 0 Å². The minimum Gasteiger partial charge on any atom is -0.497 e. The van der Waals surface area contributed by atoms with E-state index in [-0.39, 0.29) is 11.8 Å². The minimum atomic E-state index is -0.0868. The van der Waals surface area contributed by atoms with Crippen molar-refractivity contribution in [3.8, 4) is 5.75 Å². The number of hydrogen-bond acceptors (Lipinski definition) is 4. The molecule has 0 aliphatic carbocycles. The zero-order valence-electron chi connectivity index (χ0n) is 17.4. The first-order valence-electron chi connectivity index (χ1n) is 9.98. The van der Waals surface area contributed by atoms with Crippen LogP contribution in [0.1, 0.15) is 31.8 Å². The predicted molar refractivity (Wildman–Crippen MR) is 114 cm³/mol. The molecule has 1 aliphatic heterocycles. The first-order chi connectivity index (χ1) is 14.0. The Balaban J connectivity index is 1.42. The van der Waals surface area contributed by atoms with Crippen molar-refractivity contribution in [1.29, 1.82) is 0 Å². The summed E-state index contributed by atoms with van der Waals surface area (Å²) < 4.78 is 5.11. The summed E-state index contributed by atoms with van der Waals surface area (Å²) in [6.07, 6.45) is 0. The molecule has 2 aromatic carbocycles. The van der Waals surface area contributed by atoms with Gasteiger partial charge in [-0.05, 0) is 50.2 Å². The molecular formula is C23H29N3O3. The Morgan fingerprint density at radius 1 is 0.931 bits per heavy atom. The number of amides is 2. The molecule has 1 heterocycles. The summed E-state index contributed by atoms with van der Waals surface area (Å²) >= 11 is 0. The lowest BCUT2D eigenvalue weighted by Gasteiger charge is -2.34. The summed E-state index contributed by atoms with van der Waals surface area (Å²) in [7, 11) is 1.60. The van der Waals surface area contributed by atoms with Crippen LogP contribution >= 0.6 is 0 Å². The molecule has 0 aromatic heterocycles. The van der Waals surface area contributed by atoms with E-state index >= 15 is 0 Å². The molecule has 6 heteroatoms. The van der Waals surface area contributed by atoms with Crippen LogP contribution in [0.25, 0.3) is 0 Å². The van der Waals surface area contributed by atoms with Crippen molar-refractivity contribution in [1.82, 2.24) is 15.1 Å². The molecule has 3 rings (SSSR count). The molecule has 0 saturated carbocycles. The Hall–Kier alpha value is -2.86. The Labute approximate surface area is 172 Å². The summed E-state index contributed by atoms with van der Waals surface area (Å²) in [6, 6.07) is 13.1. The van der Waals surface area contributed by atoms with E-state index in [2.05, 4.69) is 16.3 Å². The van der Waals surface area contributed by atoms with Crippen LogP contribution in [0.3, 0.4) is 0 Å². The maximum Gasteiger partial charge on any atom is 0.253 e. The fraction of sp³-hybridized carbons (Fsp3) is 0.391. The van der Waals surface area contributed by atoms with Gasteiger partial charge in [-0.1, -0.05) is 17.2 Å². The summed E-state index contributed by atoms with van der Waals surface area (Å²) in [5, 5.41) is 2.95. The zero-order valence-corrected chi connectivity index (χ0v) is 17.4. The van der Waals surface area contributed by atoms with Crippen molar-refractivity contribution in [3.05, 3.63) is 64.7 Å². The summed E-state index contributed by atoms with van der Waals surface area (Å²) in [4.78, 5) is 29.2. The van der Waals surface area contributed by atoms with Gasteiger partial charge in [0, 0.05) is 50.4 Å². The predicted octanol–water partition coefficient (Wildman–Crippen LogP) is 2.50. The number of nitrogens with one attached hydrogen (secondary N) is 1. The van der Waals surface area contributed by atoms with E-state index in [9.17, 15) is 9.59 Å². The van der Waals surface area contributed by atoms with Gasteiger partial charge in [-0.25, -0.2) is 0 Å². The Morgan fingerprint density at radius 3 is 2.14 bits per heavy atom. The molecule has 2 aromatic rings. The number of ether oxygens (including phenoxy) is 1. The minimum absolute atomic E-state index is 0.0868. The average Bonchev–Trinajstić information content (AvgIpc) is 2.73. The number of piperazine rings is 1. The standard InChI is InChI=1S/C23H29N3O3/c1-17-14-18(2)16-20(15-17)23(28)26-12-10-25(11-13-26)9-8-24-22(27)19-4-6-21(29-3)7-5-19/h4-7,14-16H,8-13H2,1-3H3,(H,24,27). The Bertz CT molecular complexity index is 836. The lowest BCUT2D eigenvalue weighted by Crippen LogP contribution is -2.50. The second-order valence-electron chi connectivity index (χ2n) is 7.49. The maximum absolute atomic E-state index is 12.8. The fourth-order valence-corrected chi connectivity index (χ4v) is 3.63. The number of carbonyl (C=O) groups excluding carboxylic acids is 2. The van der Waals surface area contributed by atoms with Crippen molar-refractivity contribution < 1.29 is 14.3 Å². The zero-order chi connectivity index (χ0) is 20.8. The topological polar surface area (TPSA) is 61.9 Å². The van der Waals surface area contributed by atoms with Gasteiger partial charge in [-0.15, -0.1) is 0 Å². The number of aryl methyl sites for hydroxylation is 2. The molecule has 6 nitrogen and oxygen atoms in total. The van der Waals surface area contributed by atoms with Gasteiger partial charge in [0.05, 0.1) is 7.11 Å². The summed E-state index contributed by atoms with van der Waals surface area (Å²) in [6.45, 7) is 8.42. The largest absolute Gasteiger partial charge is 0.497 e. The highest BCUT2D eigenvalue weighted by molar-refractivity contribution is 5.95. The Kier molecular flexibility index (Phi) is 6.88. The fourth-order valence-electron chi connectivity index (χ4n) is 3.63. The molecule has 0 unspecified atom stereocenters. The van der Waals surface area contributed by atoms with Gasteiger partial charge in [0.1, 0.15) is 5.75 Å². The number of methoxy groups -OCH3 is 1. The van der Waals surface area contributed by atoms with E-state index in [1.165, 1.54) is 0 Å². The summed E-state index contributed by atoms with van der Waals surface area (Å²) in [5.41, 5.74) is 3.61. The normalized spacial score (nSPS) is 14.5. The van der Waals surface area contributed by atoms with E-state index in [4.69, 9.17) is 4.74 Å². The first-order valence-corrected chi connectivity index (χ1v) is 9.98. The van der Waals surface area contributed by atoms with Gasteiger partial charge >= 0.3 is 0 Å². The molecule has 154 valence electrons. The third-order valence-electron chi connectivity index (χ3n) is 5.19. The van der Waals surface area contributed by atoms with Crippen LogP contribution in [0.2, 0.25) is 0 Å². The van der Waals surface area contributed by atoms with Gasteiger partial charge in [0.2, 0.25) is 0 Å². The summed E-state index contributed by atoms with van der Waals surface area (Å²) in [5.74, 6) is 0.746. The van der Waals surface area contributed by atoms with Crippen LogP contribution in [-0.4, -0.2) is 68.0 Å². The quantitative estimate of drug-likeness (QED) is 0.816. The smallest absolute Gasteiger partial charge is 0.253 e. The number of rotatable bonds is 6. The lowest BCUT2D eigenvalue weighted by molar-refractivity contribution is 0.0638. The highest BCUT2D eigenvalue weighted by Crippen LogP contribution is 2.14. The number of carbonyl (C=O) groups is 2. The van der Waals surface area contributed by atoms with E-state index in [1.807, 2.05) is 30.9 Å². The van der Waals surface area contributed by atoms with Crippen molar-refractivity contribution in [2.45, 2.75) is 13.8 Å². The van der Waals surface area contributed by atoms with E-state index in [0.29, 0.717) is 25.2 Å². The van der Waals surface area contributed by atoms with Crippen LogP contribution in [0.4, 0.5) is 0 Å². The number of nitrogens with zero attached hydrogens (tertiary/aromatic N) is 2.